The number of nitrogens with zero attached hydrogens (tertiary/aromatic N) is 4. The van der Waals surface area contributed by atoms with Crippen LogP contribution in [0.15, 0.2) is 30.6 Å². The number of aromatic nitrogens is 3. The Labute approximate surface area is 122 Å². The minimum Gasteiger partial charge on any atom is -0.325 e. The van der Waals surface area contributed by atoms with Crippen LogP contribution in [0, 0.1) is 11.3 Å². The second-order valence-electron chi connectivity index (χ2n) is 4.62. The number of hydrogen-bond donors (Lipinski definition) is 2. The molecule has 1 heterocycles. The maximum atomic E-state index is 11.8. The zero-order valence-electron chi connectivity index (χ0n) is 11.9. The maximum Gasteiger partial charge on any atom is 0.238 e. The van der Waals surface area contributed by atoms with E-state index in [9.17, 15) is 4.79 Å². The summed E-state index contributed by atoms with van der Waals surface area (Å²) in [6.07, 6.45) is 1.62. The third-order valence-corrected chi connectivity index (χ3v) is 2.87. The summed E-state index contributed by atoms with van der Waals surface area (Å²) in [6, 6.07) is 8.62. The van der Waals surface area contributed by atoms with Crippen LogP contribution in [0.3, 0.4) is 0 Å². The van der Waals surface area contributed by atoms with Crippen molar-refractivity contribution in [1.29, 1.82) is 5.26 Å². The van der Waals surface area contributed by atoms with E-state index < -0.39 is 0 Å². The lowest BCUT2D eigenvalue weighted by molar-refractivity contribution is -0.115. The highest BCUT2D eigenvalue weighted by Gasteiger charge is 2.11. The average molecular weight is 284 g/mol. The molecule has 7 nitrogen and oxygen atoms in total. The summed E-state index contributed by atoms with van der Waals surface area (Å²) in [5.74, 6) is 0.478. The first-order chi connectivity index (χ1) is 10.1. The van der Waals surface area contributed by atoms with Crippen molar-refractivity contribution in [2.75, 3.05) is 11.9 Å². The van der Waals surface area contributed by atoms with Crippen molar-refractivity contribution in [3.8, 4) is 6.07 Å². The van der Waals surface area contributed by atoms with Crippen molar-refractivity contribution in [2.24, 2.45) is 7.05 Å². The number of carbonyl (C=O) groups excluding carboxylic acids is 1. The molecule has 2 aromatic rings. The van der Waals surface area contributed by atoms with Crippen LogP contribution in [0.2, 0.25) is 0 Å². The predicted molar refractivity (Wildman–Crippen MR) is 77.2 cm³/mol. The zero-order valence-corrected chi connectivity index (χ0v) is 11.9. The second-order valence-corrected chi connectivity index (χ2v) is 4.62. The third-order valence-electron chi connectivity index (χ3n) is 2.87. The quantitative estimate of drug-likeness (QED) is 0.853. The fourth-order valence-electron chi connectivity index (χ4n) is 1.72. The standard InChI is InChI=1S/C14H16N6O/c1-10(14-17-9-20(2)19-14)16-8-13(21)18-12-5-3-11(7-15)4-6-12/h3-6,9-10,16H,8H2,1-2H3,(H,18,21)/t10-/m0/s1. The van der Waals surface area contributed by atoms with Crippen LogP contribution < -0.4 is 10.6 Å². The first-order valence-electron chi connectivity index (χ1n) is 6.47. The van der Waals surface area contributed by atoms with Crippen molar-refractivity contribution in [3.05, 3.63) is 42.0 Å². The van der Waals surface area contributed by atoms with Gasteiger partial charge < -0.3 is 5.32 Å². The van der Waals surface area contributed by atoms with Gasteiger partial charge in [-0.15, -0.1) is 0 Å². The molecule has 0 bridgehead atoms. The molecule has 7 heteroatoms. The lowest BCUT2D eigenvalue weighted by atomic mass is 10.2. The Kier molecular flexibility index (Phi) is 4.64. The summed E-state index contributed by atoms with van der Waals surface area (Å²) in [5.41, 5.74) is 1.21. The predicted octanol–water partition coefficient (Wildman–Crippen LogP) is 0.976. The molecule has 0 saturated heterocycles. The van der Waals surface area contributed by atoms with Gasteiger partial charge >= 0.3 is 0 Å². The molecular weight excluding hydrogens is 268 g/mol. The fourth-order valence-corrected chi connectivity index (χ4v) is 1.72. The van der Waals surface area contributed by atoms with E-state index in [1.165, 1.54) is 0 Å². The summed E-state index contributed by atoms with van der Waals surface area (Å²) >= 11 is 0. The number of hydrogen-bond acceptors (Lipinski definition) is 5. The van der Waals surface area contributed by atoms with Gasteiger partial charge in [0, 0.05) is 12.7 Å². The van der Waals surface area contributed by atoms with E-state index in [2.05, 4.69) is 20.7 Å². The van der Waals surface area contributed by atoms with Crippen LogP contribution in [0.1, 0.15) is 24.4 Å². The maximum absolute atomic E-state index is 11.8. The summed E-state index contributed by atoms with van der Waals surface area (Å²) in [4.78, 5) is 15.9. The van der Waals surface area contributed by atoms with Gasteiger partial charge in [0.1, 0.15) is 6.33 Å². The molecule has 0 fully saturated rings. The van der Waals surface area contributed by atoms with Crippen molar-refractivity contribution in [3.63, 3.8) is 0 Å². The Morgan fingerprint density at radius 1 is 1.43 bits per heavy atom. The van der Waals surface area contributed by atoms with Gasteiger partial charge in [0.15, 0.2) is 5.82 Å². The van der Waals surface area contributed by atoms with Crippen molar-refractivity contribution < 1.29 is 4.79 Å². The SMILES string of the molecule is C[C@H](NCC(=O)Nc1ccc(C#N)cc1)c1ncn(C)n1. The van der Waals surface area contributed by atoms with Crippen LogP contribution in [0.25, 0.3) is 0 Å². The molecule has 1 aromatic heterocycles. The topological polar surface area (TPSA) is 95.6 Å². The Balaban J connectivity index is 1.83. The van der Waals surface area contributed by atoms with Gasteiger partial charge in [-0.1, -0.05) is 0 Å². The van der Waals surface area contributed by atoms with Gasteiger partial charge in [0.05, 0.1) is 24.2 Å². The van der Waals surface area contributed by atoms with Crippen LogP contribution in [0.5, 0.6) is 0 Å². The number of benzene rings is 1. The zero-order chi connectivity index (χ0) is 15.2. The number of anilines is 1. The fraction of sp³-hybridized carbons (Fsp3) is 0.286. The summed E-state index contributed by atoms with van der Waals surface area (Å²) in [6.45, 7) is 2.05. The van der Waals surface area contributed by atoms with E-state index in [0.717, 1.165) is 0 Å². The number of nitrogens with one attached hydrogen (secondary N) is 2. The molecule has 0 aliphatic rings. The summed E-state index contributed by atoms with van der Waals surface area (Å²) < 4.78 is 1.62. The number of aryl methyl sites for hydroxylation is 1. The molecule has 0 unspecified atom stereocenters. The first kappa shape index (κ1) is 14.7. The third kappa shape index (κ3) is 4.12. The Hall–Kier alpha value is -2.72. The van der Waals surface area contributed by atoms with E-state index in [0.29, 0.717) is 17.1 Å². The molecule has 0 spiro atoms. The van der Waals surface area contributed by atoms with E-state index >= 15 is 0 Å². The largest absolute Gasteiger partial charge is 0.325 e. The highest BCUT2D eigenvalue weighted by molar-refractivity contribution is 5.92. The van der Waals surface area contributed by atoms with Gasteiger partial charge in [-0.3, -0.25) is 14.8 Å². The molecule has 0 saturated carbocycles. The highest BCUT2D eigenvalue weighted by Crippen LogP contribution is 2.09. The van der Waals surface area contributed by atoms with Gasteiger partial charge in [0.2, 0.25) is 5.91 Å². The summed E-state index contributed by atoms with van der Waals surface area (Å²) in [7, 11) is 1.79. The highest BCUT2D eigenvalue weighted by atomic mass is 16.1. The number of amides is 1. The van der Waals surface area contributed by atoms with Crippen LogP contribution in [-0.4, -0.2) is 27.2 Å². The average Bonchev–Trinajstić information content (AvgIpc) is 2.92. The van der Waals surface area contributed by atoms with Crippen molar-refractivity contribution in [1.82, 2.24) is 20.1 Å². The molecule has 1 atom stereocenters. The molecule has 2 rings (SSSR count). The second kappa shape index (κ2) is 6.63. The minimum absolute atomic E-state index is 0.113. The number of rotatable bonds is 5. The van der Waals surface area contributed by atoms with Gasteiger partial charge in [0.25, 0.3) is 0 Å². The molecule has 0 radical (unpaired) electrons. The Morgan fingerprint density at radius 3 is 2.71 bits per heavy atom. The molecular formula is C14H16N6O. The van der Waals surface area contributed by atoms with E-state index in [1.807, 2.05) is 13.0 Å². The van der Waals surface area contributed by atoms with Crippen LogP contribution in [0.4, 0.5) is 5.69 Å². The lowest BCUT2D eigenvalue weighted by Gasteiger charge is -2.10. The Morgan fingerprint density at radius 2 is 2.14 bits per heavy atom. The minimum atomic E-state index is -0.164. The van der Waals surface area contributed by atoms with E-state index in [4.69, 9.17) is 5.26 Å². The molecule has 21 heavy (non-hydrogen) atoms. The van der Waals surface area contributed by atoms with Crippen molar-refractivity contribution in [2.45, 2.75) is 13.0 Å². The van der Waals surface area contributed by atoms with Gasteiger partial charge in [-0.25, -0.2) is 4.98 Å². The normalized spacial score (nSPS) is 11.7. The first-order valence-corrected chi connectivity index (χ1v) is 6.47. The molecule has 1 amide bonds. The monoisotopic (exact) mass is 284 g/mol. The van der Waals surface area contributed by atoms with Gasteiger partial charge in [-0.2, -0.15) is 10.4 Å². The van der Waals surface area contributed by atoms with Gasteiger partial charge in [-0.05, 0) is 31.2 Å². The molecule has 0 aliphatic heterocycles. The van der Waals surface area contributed by atoms with Crippen LogP contribution >= 0.6 is 0 Å². The molecule has 2 N–H and O–H groups in total. The molecule has 0 aliphatic carbocycles. The lowest BCUT2D eigenvalue weighted by Crippen LogP contribution is -2.30. The molecule has 1 aromatic carbocycles. The number of carbonyl (C=O) groups is 1. The number of nitriles is 1. The van der Waals surface area contributed by atoms with Crippen LogP contribution in [-0.2, 0) is 11.8 Å². The Bertz CT molecular complexity index is 655. The van der Waals surface area contributed by atoms with E-state index in [-0.39, 0.29) is 18.5 Å². The summed E-state index contributed by atoms with van der Waals surface area (Å²) in [5, 5.41) is 18.7. The smallest absolute Gasteiger partial charge is 0.238 e. The van der Waals surface area contributed by atoms with Crippen molar-refractivity contribution >= 4 is 11.6 Å². The van der Waals surface area contributed by atoms with E-state index in [1.54, 1.807) is 42.3 Å². The molecule has 108 valence electrons.